The van der Waals surface area contributed by atoms with Crippen molar-refractivity contribution < 1.29 is 8.78 Å². The Morgan fingerprint density at radius 1 is 1.32 bits per heavy atom. The Balaban J connectivity index is 2.39. The van der Waals surface area contributed by atoms with E-state index in [0.29, 0.717) is 17.9 Å². The number of nitrogens with one attached hydrogen (secondary N) is 1. The predicted molar refractivity (Wildman–Crippen MR) is 76.1 cm³/mol. The molecule has 1 rings (SSSR count). The van der Waals surface area contributed by atoms with Gasteiger partial charge in [0.05, 0.1) is 0 Å². The van der Waals surface area contributed by atoms with Gasteiger partial charge >= 0.3 is 0 Å². The first-order chi connectivity index (χ1) is 8.99. The normalized spacial score (nSPS) is 12.2. The van der Waals surface area contributed by atoms with Gasteiger partial charge in [0.2, 0.25) is 0 Å². The summed E-state index contributed by atoms with van der Waals surface area (Å²) in [5, 5.41) is 3.35. The smallest absolute Gasteiger partial charge is 0.129 e. The van der Waals surface area contributed by atoms with E-state index in [4.69, 9.17) is 0 Å². The minimum absolute atomic E-state index is 0.467. The maximum absolute atomic E-state index is 13.5. The maximum Gasteiger partial charge on any atom is 0.129 e. The number of allylic oxidation sites excluding steroid dienone is 1. The third-order valence-corrected chi connectivity index (χ3v) is 2.85. The SMILES string of the molecule is CC(=CCCNCC(C)C)Cc1ccc(F)cc1F. The molecule has 0 atom stereocenters. The van der Waals surface area contributed by atoms with E-state index in [-0.39, 0.29) is 0 Å². The summed E-state index contributed by atoms with van der Waals surface area (Å²) in [6.45, 7) is 8.27. The zero-order chi connectivity index (χ0) is 14.3. The molecule has 0 saturated heterocycles. The van der Waals surface area contributed by atoms with Crippen LogP contribution >= 0.6 is 0 Å². The molecule has 1 aromatic rings. The summed E-state index contributed by atoms with van der Waals surface area (Å²) in [6.07, 6.45) is 3.58. The average Bonchev–Trinajstić information content (AvgIpc) is 2.32. The largest absolute Gasteiger partial charge is 0.316 e. The molecule has 0 heterocycles. The van der Waals surface area contributed by atoms with Gasteiger partial charge in [-0.3, -0.25) is 0 Å². The van der Waals surface area contributed by atoms with E-state index in [0.717, 1.165) is 31.1 Å². The first-order valence-corrected chi connectivity index (χ1v) is 6.79. The molecule has 0 saturated carbocycles. The number of rotatable bonds is 7. The van der Waals surface area contributed by atoms with Gasteiger partial charge in [-0.25, -0.2) is 8.78 Å². The van der Waals surface area contributed by atoms with Crippen LogP contribution in [0.2, 0.25) is 0 Å². The minimum Gasteiger partial charge on any atom is -0.316 e. The Hall–Kier alpha value is -1.22. The Morgan fingerprint density at radius 3 is 2.68 bits per heavy atom. The monoisotopic (exact) mass is 267 g/mol. The van der Waals surface area contributed by atoms with Gasteiger partial charge in [0.25, 0.3) is 0 Å². The minimum atomic E-state index is -0.527. The van der Waals surface area contributed by atoms with Gasteiger partial charge in [-0.15, -0.1) is 0 Å². The van der Waals surface area contributed by atoms with Crippen molar-refractivity contribution in [2.75, 3.05) is 13.1 Å². The number of hydrogen-bond donors (Lipinski definition) is 1. The lowest BCUT2D eigenvalue weighted by atomic mass is 10.0. The predicted octanol–water partition coefficient (Wildman–Crippen LogP) is 4.09. The van der Waals surface area contributed by atoms with Crippen LogP contribution in [0.4, 0.5) is 8.78 Å². The summed E-state index contributed by atoms with van der Waals surface area (Å²) in [5.74, 6) is -0.343. The van der Waals surface area contributed by atoms with E-state index in [1.165, 1.54) is 12.1 Å². The highest BCUT2D eigenvalue weighted by molar-refractivity contribution is 5.23. The fourth-order valence-corrected chi connectivity index (χ4v) is 1.85. The molecule has 3 heteroatoms. The van der Waals surface area contributed by atoms with Crippen LogP contribution < -0.4 is 5.32 Å². The van der Waals surface area contributed by atoms with Gasteiger partial charge in [-0.2, -0.15) is 0 Å². The van der Waals surface area contributed by atoms with Crippen LogP contribution in [0.25, 0.3) is 0 Å². The Morgan fingerprint density at radius 2 is 2.05 bits per heavy atom. The fraction of sp³-hybridized carbons (Fsp3) is 0.500. The van der Waals surface area contributed by atoms with Crippen molar-refractivity contribution in [1.82, 2.24) is 5.32 Å². The van der Waals surface area contributed by atoms with Crippen molar-refractivity contribution in [2.24, 2.45) is 5.92 Å². The highest BCUT2D eigenvalue weighted by Crippen LogP contribution is 2.14. The maximum atomic E-state index is 13.5. The Labute approximate surface area is 114 Å². The second kappa shape index (κ2) is 8.05. The molecular formula is C16H23F2N. The molecule has 0 radical (unpaired) electrons. The quantitative estimate of drug-likeness (QED) is 0.579. The lowest BCUT2D eigenvalue weighted by Crippen LogP contribution is -2.20. The van der Waals surface area contributed by atoms with Crippen LogP contribution in [0, 0.1) is 17.6 Å². The van der Waals surface area contributed by atoms with E-state index in [1.807, 2.05) is 6.92 Å². The molecule has 0 aliphatic heterocycles. The van der Waals surface area contributed by atoms with Crippen molar-refractivity contribution >= 4 is 0 Å². The molecular weight excluding hydrogens is 244 g/mol. The number of benzene rings is 1. The fourth-order valence-electron chi connectivity index (χ4n) is 1.85. The van der Waals surface area contributed by atoms with Crippen molar-refractivity contribution in [1.29, 1.82) is 0 Å². The molecule has 0 aliphatic carbocycles. The zero-order valence-electron chi connectivity index (χ0n) is 12.0. The first kappa shape index (κ1) is 15.8. The van der Waals surface area contributed by atoms with Crippen LogP contribution in [0.15, 0.2) is 29.8 Å². The molecule has 1 aromatic carbocycles. The van der Waals surface area contributed by atoms with Crippen molar-refractivity contribution in [3.8, 4) is 0 Å². The summed E-state index contributed by atoms with van der Waals surface area (Å²) in [5.41, 5.74) is 1.65. The van der Waals surface area contributed by atoms with Gasteiger partial charge in [-0.05, 0) is 50.4 Å². The van der Waals surface area contributed by atoms with E-state index >= 15 is 0 Å². The zero-order valence-corrected chi connectivity index (χ0v) is 12.0. The van der Waals surface area contributed by atoms with E-state index in [2.05, 4.69) is 25.2 Å². The van der Waals surface area contributed by atoms with E-state index < -0.39 is 11.6 Å². The average molecular weight is 267 g/mol. The Bertz CT molecular complexity index is 425. The lowest BCUT2D eigenvalue weighted by molar-refractivity contribution is 0.556. The number of halogens is 2. The van der Waals surface area contributed by atoms with Crippen LogP contribution in [-0.4, -0.2) is 13.1 Å². The van der Waals surface area contributed by atoms with E-state index in [1.54, 1.807) is 0 Å². The van der Waals surface area contributed by atoms with Crippen molar-refractivity contribution in [3.63, 3.8) is 0 Å². The molecule has 0 fully saturated rings. The molecule has 0 amide bonds. The third-order valence-electron chi connectivity index (χ3n) is 2.85. The van der Waals surface area contributed by atoms with Crippen LogP contribution in [0.1, 0.15) is 32.8 Å². The summed E-state index contributed by atoms with van der Waals surface area (Å²) < 4.78 is 26.2. The van der Waals surface area contributed by atoms with Crippen LogP contribution in [-0.2, 0) is 6.42 Å². The second-order valence-corrected chi connectivity index (χ2v) is 5.35. The third kappa shape index (κ3) is 6.48. The topological polar surface area (TPSA) is 12.0 Å². The van der Waals surface area contributed by atoms with Crippen LogP contribution in [0.3, 0.4) is 0 Å². The summed E-state index contributed by atoms with van der Waals surface area (Å²) >= 11 is 0. The molecule has 1 nitrogen and oxygen atoms in total. The molecule has 0 aromatic heterocycles. The Kier molecular flexibility index (Phi) is 6.71. The molecule has 106 valence electrons. The van der Waals surface area contributed by atoms with Gasteiger partial charge in [0, 0.05) is 6.07 Å². The summed E-state index contributed by atoms with van der Waals surface area (Å²) in [6, 6.07) is 3.75. The highest BCUT2D eigenvalue weighted by atomic mass is 19.1. The molecule has 19 heavy (non-hydrogen) atoms. The van der Waals surface area contributed by atoms with E-state index in [9.17, 15) is 8.78 Å². The molecule has 0 unspecified atom stereocenters. The number of hydrogen-bond acceptors (Lipinski definition) is 1. The van der Waals surface area contributed by atoms with Crippen LogP contribution in [0.5, 0.6) is 0 Å². The highest BCUT2D eigenvalue weighted by Gasteiger charge is 2.04. The summed E-state index contributed by atoms with van der Waals surface area (Å²) in [4.78, 5) is 0. The van der Waals surface area contributed by atoms with Crippen molar-refractivity contribution in [2.45, 2.75) is 33.6 Å². The molecule has 0 aliphatic rings. The van der Waals surface area contributed by atoms with Gasteiger partial charge < -0.3 is 5.32 Å². The lowest BCUT2D eigenvalue weighted by Gasteiger charge is -2.07. The van der Waals surface area contributed by atoms with Gasteiger partial charge in [0.15, 0.2) is 0 Å². The van der Waals surface area contributed by atoms with Crippen molar-refractivity contribution in [3.05, 3.63) is 47.0 Å². The molecule has 1 N–H and O–H groups in total. The standard InChI is InChI=1S/C16H23F2N/c1-12(2)11-19-8-4-5-13(3)9-14-6-7-15(17)10-16(14)18/h5-7,10,12,19H,4,8-9,11H2,1-3H3. The van der Waals surface area contributed by atoms with Gasteiger partial charge in [0.1, 0.15) is 11.6 Å². The second-order valence-electron chi connectivity index (χ2n) is 5.35. The van der Waals surface area contributed by atoms with Gasteiger partial charge in [-0.1, -0.05) is 31.6 Å². The molecule has 0 bridgehead atoms. The first-order valence-electron chi connectivity index (χ1n) is 6.79. The summed E-state index contributed by atoms with van der Waals surface area (Å²) in [7, 11) is 0. The molecule has 0 spiro atoms.